The van der Waals surface area contributed by atoms with Crippen molar-refractivity contribution in [2.75, 3.05) is 0 Å². The predicted molar refractivity (Wildman–Crippen MR) is 106 cm³/mol. The fourth-order valence-electron chi connectivity index (χ4n) is 2.96. The number of rotatable bonds is 10. The summed E-state index contributed by atoms with van der Waals surface area (Å²) >= 11 is 0. The van der Waals surface area contributed by atoms with Gasteiger partial charge in [0, 0.05) is 5.71 Å². The Balaban J connectivity index is 1.77. The van der Waals surface area contributed by atoms with Gasteiger partial charge >= 0.3 is 0 Å². The number of nitrogens with zero attached hydrogens (tertiary/aromatic N) is 1. The molecular formula is C23H31N. The second-order valence-corrected chi connectivity index (χ2v) is 6.60. The molecule has 128 valence electrons. The van der Waals surface area contributed by atoms with Crippen LogP contribution in [0.4, 0.5) is 5.69 Å². The molecule has 0 spiro atoms. The number of benzene rings is 2. The lowest BCUT2D eigenvalue weighted by atomic mass is 10.0. The molecule has 0 amide bonds. The Morgan fingerprint density at radius 1 is 0.750 bits per heavy atom. The van der Waals surface area contributed by atoms with Gasteiger partial charge in [-0.15, -0.1) is 0 Å². The molecule has 0 saturated carbocycles. The summed E-state index contributed by atoms with van der Waals surface area (Å²) in [6.45, 7) is 4.36. The van der Waals surface area contributed by atoms with Crippen molar-refractivity contribution in [3.8, 4) is 0 Å². The molecule has 0 aromatic heterocycles. The van der Waals surface area contributed by atoms with Crippen LogP contribution in [0.2, 0.25) is 0 Å². The second-order valence-electron chi connectivity index (χ2n) is 6.60. The zero-order valence-electron chi connectivity index (χ0n) is 15.3. The first-order chi connectivity index (χ1) is 11.8. The van der Waals surface area contributed by atoms with Crippen molar-refractivity contribution in [2.45, 2.75) is 65.2 Å². The minimum atomic E-state index is 1.02. The van der Waals surface area contributed by atoms with Crippen LogP contribution in [0.1, 0.15) is 69.9 Å². The average Bonchev–Trinajstić information content (AvgIpc) is 2.62. The highest BCUT2D eigenvalue weighted by Crippen LogP contribution is 2.15. The van der Waals surface area contributed by atoms with E-state index in [0.29, 0.717) is 0 Å². The second kappa shape index (κ2) is 10.8. The van der Waals surface area contributed by atoms with Crippen molar-refractivity contribution in [1.29, 1.82) is 0 Å². The lowest BCUT2D eigenvalue weighted by Crippen LogP contribution is -1.95. The molecule has 0 aliphatic carbocycles. The van der Waals surface area contributed by atoms with Gasteiger partial charge in [0.1, 0.15) is 0 Å². The molecule has 0 N–H and O–H groups in total. The molecule has 0 aliphatic heterocycles. The van der Waals surface area contributed by atoms with Gasteiger partial charge in [0.15, 0.2) is 0 Å². The minimum Gasteiger partial charge on any atom is -0.253 e. The van der Waals surface area contributed by atoms with E-state index in [9.17, 15) is 0 Å². The van der Waals surface area contributed by atoms with Gasteiger partial charge in [-0.25, -0.2) is 0 Å². The third-order valence-corrected chi connectivity index (χ3v) is 4.49. The summed E-state index contributed by atoms with van der Waals surface area (Å²) in [6, 6.07) is 19.1. The highest BCUT2D eigenvalue weighted by Gasteiger charge is 1.99. The van der Waals surface area contributed by atoms with Crippen LogP contribution in [0.3, 0.4) is 0 Å². The first-order valence-electron chi connectivity index (χ1n) is 9.49. The monoisotopic (exact) mass is 321 g/mol. The maximum atomic E-state index is 4.69. The predicted octanol–water partition coefficient (Wildman–Crippen LogP) is 7.12. The van der Waals surface area contributed by atoms with E-state index in [2.05, 4.69) is 43.1 Å². The molecule has 1 nitrogen and oxygen atoms in total. The SMILES string of the molecule is CCCCCCCCCc1ccc(C(C)=Nc2ccccc2)cc1. The van der Waals surface area contributed by atoms with Crippen molar-refractivity contribution in [3.05, 3.63) is 65.7 Å². The molecule has 2 rings (SSSR count). The number of hydrogen-bond donors (Lipinski definition) is 0. The number of aryl methyl sites for hydroxylation is 1. The first-order valence-corrected chi connectivity index (χ1v) is 9.49. The van der Waals surface area contributed by atoms with Crippen LogP contribution in [-0.4, -0.2) is 5.71 Å². The number of unbranched alkanes of at least 4 members (excludes halogenated alkanes) is 6. The molecule has 0 heterocycles. The molecule has 0 atom stereocenters. The van der Waals surface area contributed by atoms with Crippen molar-refractivity contribution >= 4 is 11.4 Å². The summed E-state index contributed by atoms with van der Waals surface area (Å²) in [5.41, 5.74) is 4.74. The van der Waals surface area contributed by atoms with E-state index in [1.807, 2.05) is 30.3 Å². The van der Waals surface area contributed by atoms with E-state index in [0.717, 1.165) is 11.4 Å². The standard InChI is InChI=1S/C23H31N/c1-3-4-5-6-7-8-10-13-21-16-18-22(19-17-21)20(2)24-23-14-11-9-12-15-23/h9,11-12,14-19H,3-8,10,13H2,1-2H3. The molecule has 0 saturated heterocycles. The average molecular weight is 322 g/mol. The maximum absolute atomic E-state index is 4.69. The third-order valence-electron chi connectivity index (χ3n) is 4.49. The Kier molecular flexibility index (Phi) is 8.31. The van der Waals surface area contributed by atoms with Crippen LogP contribution in [0.5, 0.6) is 0 Å². The van der Waals surface area contributed by atoms with E-state index >= 15 is 0 Å². The van der Waals surface area contributed by atoms with Gasteiger partial charge in [-0.1, -0.05) is 87.9 Å². The van der Waals surface area contributed by atoms with Gasteiger partial charge in [-0.05, 0) is 43.0 Å². The number of hydrogen-bond acceptors (Lipinski definition) is 1. The van der Waals surface area contributed by atoms with E-state index < -0.39 is 0 Å². The minimum absolute atomic E-state index is 1.02. The van der Waals surface area contributed by atoms with Crippen molar-refractivity contribution < 1.29 is 0 Å². The molecule has 24 heavy (non-hydrogen) atoms. The Bertz CT molecular complexity index is 596. The summed E-state index contributed by atoms with van der Waals surface area (Å²) in [5, 5.41) is 0. The first kappa shape index (κ1) is 18.4. The van der Waals surface area contributed by atoms with Gasteiger partial charge < -0.3 is 0 Å². The molecule has 2 aromatic carbocycles. The molecular weight excluding hydrogens is 290 g/mol. The molecule has 1 heteroatoms. The normalized spacial score (nSPS) is 11.7. The highest BCUT2D eigenvalue weighted by atomic mass is 14.7. The Labute approximate surface area is 147 Å². The van der Waals surface area contributed by atoms with Crippen LogP contribution < -0.4 is 0 Å². The van der Waals surface area contributed by atoms with E-state index in [-0.39, 0.29) is 0 Å². The van der Waals surface area contributed by atoms with Gasteiger partial charge in [-0.3, -0.25) is 4.99 Å². The topological polar surface area (TPSA) is 12.4 Å². The largest absolute Gasteiger partial charge is 0.253 e. The molecule has 0 radical (unpaired) electrons. The maximum Gasteiger partial charge on any atom is 0.0633 e. The third kappa shape index (κ3) is 6.70. The van der Waals surface area contributed by atoms with Gasteiger partial charge in [-0.2, -0.15) is 0 Å². The van der Waals surface area contributed by atoms with Crippen LogP contribution in [-0.2, 0) is 6.42 Å². The molecule has 0 aliphatic rings. The molecule has 2 aromatic rings. The lowest BCUT2D eigenvalue weighted by Gasteiger charge is -2.05. The van der Waals surface area contributed by atoms with E-state index in [4.69, 9.17) is 0 Å². The quantitative estimate of drug-likeness (QED) is 0.326. The van der Waals surface area contributed by atoms with Gasteiger partial charge in [0.05, 0.1) is 5.69 Å². The fourth-order valence-corrected chi connectivity index (χ4v) is 2.96. The fraction of sp³-hybridized carbons (Fsp3) is 0.435. The van der Waals surface area contributed by atoms with Crippen LogP contribution in [0.25, 0.3) is 0 Å². The summed E-state index contributed by atoms with van der Waals surface area (Å²) in [5.74, 6) is 0. The van der Waals surface area contributed by atoms with E-state index in [1.54, 1.807) is 0 Å². The van der Waals surface area contributed by atoms with Crippen molar-refractivity contribution in [1.82, 2.24) is 0 Å². The molecule has 0 unspecified atom stereocenters. The summed E-state index contributed by atoms with van der Waals surface area (Å²) in [7, 11) is 0. The lowest BCUT2D eigenvalue weighted by molar-refractivity contribution is 0.589. The number of para-hydroxylation sites is 1. The van der Waals surface area contributed by atoms with E-state index in [1.165, 1.54) is 62.5 Å². The number of aliphatic imine (C=N–C) groups is 1. The zero-order valence-corrected chi connectivity index (χ0v) is 15.3. The summed E-state index contributed by atoms with van der Waals surface area (Å²) in [4.78, 5) is 4.69. The van der Waals surface area contributed by atoms with Gasteiger partial charge in [0.2, 0.25) is 0 Å². The summed E-state index contributed by atoms with van der Waals surface area (Å²) in [6.07, 6.45) is 10.8. The Hall–Kier alpha value is -1.89. The smallest absolute Gasteiger partial charge is 0.0633 e. The molecule has 0 bridgehead atoms. The van der Waals surface area contributed by atoms with Crippen LogP contribution in [0.15, 0.2) is 59.6 Å². The van der Waals surface area contributed by atoms with Crippen LogP contribution in [0, 0.1) is 0 Å². The van der Waals surface area contributed by atoms with Gasteiger partial charge in [0.25, 0.3) is 0 Å². The van der Waals surface area contributed by atoms with Crippen LogP contribution >= 0.6 is 0 Å². The highest BCUT2D eigenvalue weighted by molar-refractivity contribution is 6.00. The molecule has 0 fully saturated rings. The Morgan fingerprint density at radius 3 is 2.04 bits per heavy atom. The summed E-state index contributed by atoms with van der Waals surface area (Å²) < 4.78 is 0. The Morgan fingerprint density at radius 2 is 1.38 bits per heavy atom. The van der Waals surface area contributed by atoms with Crippen molar-refractivity contribution in [2.24, 2.45) is 4.99 Å². The van der Waals surface area contributed by atoms with Crippen molar-refractivity contribution in [3.63, 3.8) is 0 Å². The zero-order chi connectivity index (χ0) is 17.0.